The Morgan fingerprint density at radius 2 is 2.10 bits per heavy atom. The molecular formula is C13H29N3O3S. The lowest BCUT2D eigenvalue weighted by Gasteiger charge is -2.37. The predicted octanol–water partition coefficient (Wildman–Crippen LogP) is 0.664. The molecule has 0 aromatic heterocycles. The fourth-order valence-corrected chi connectivity index (χ4v) is 4.42. The summed E-state index contributed by atoms with van der Waals surface area (Å²) in [5.74, 6) is 0. The van der Waals surface area contributed by atoms with E-state index in [2.05, 4.69) is 5.32 Å². The largest absolute Gasteiger partial charge is 0.383 e. The molecule has 0 saturated carbocycles. The zero-order valence-electron chi connectivity index (χ0n) is 13.0. The lowest BCUT2D eigenvalue weighted by atomic mass is 10.1. The number of piperidine rings is 1. The molecule has 1 rings (SSSR count). The molecule has 0 radical (unpaired) electrons. The molecule has 7 heteroatoms. The van der Waals surface area contributed by atoms with Gasteiger partial charge in [0.15, 0.2) is 0 Å². The van der Waals surface area contributed by atoms with E-state index in [1.807, 2.05) is 13.8 Å². The van der Waals surface area contributed by atoms with E-state index in [-0.39, 0.29) is 6.04 Å². The van der Waals surface area contributed by atoms with E-state index < -0.39 is 10.2 Å². The molecule has 1 N–H and O–H groups in total. The van der Waals surface area contributed by atoms with Crippen LogP contribution in [0.4, 0.5) is 0 Å². The van der Waals surface area contributed by atoms with E-state index >= 15 is 0 Å². The highest BCUT2D eigenvalue weighted by atomic mass is 32.2. The fraction of sp³-hybridized carbons (Fsp3) is 1.00. The van der Waals surface area contributed by atoms with Gasteiger partial charge in [0, 0.05) is 39.3 Å². The maximum atomic E-state index is 12.8. The minimum absolute atomic E-state index is 0.0743. The number of ether oxygens (including phenoxy) is 1. The third-order valence-corrected chi connectivity index (χ3v) is 5.89. The second kappa shape index (κ2) is 8.94. The van der Waals surface area contributed by atoms with Crippen molar-refractivity contribution in [3.05, 3.63) is 0 Å². The summed E-state index contributed by atoms with van der Waals surface area (Å²) in [5.41, 5.74) is 0. The highest BCUT2D eigenvalue weighted by Crippen LogP contribution is 2.22. The van der Waals surface area contributed by atoms with E-state index in [1.54, 1.807) is 11.4 Å². The lowest BCUT2D eigenvalue weighted by Crippen LogP contribution is -2.54. The van der Waals surface area contributed by atoms with Crippen molar-refractivity contribution in [1.29, 1.82) is 0 Å². The smallest absolute Gasteiger partial charge is 0.282 e. The van der Waals surface area contributed by atoms with E-state index in [1.165, 1.54) is 4.31 Å². The Bertz CT molecular complexity index is 362. The first-order valence-electron chi connectivity index (χ1n) is 7.54. The topological polar surface area (TPSA) is 61.9 Å². The fourth-order valence-electron chi connectivity index (χ4n) is 2.57. The Kier molecular flexibility index (Phi) is 7.98. The molecule has 120 valence electrons. The van der Waals surface area contributed by atoms with Crippen molar-refractivity contribution in [2.45, 2.75) is 39.2 Å². The molecule has 0 bridgehead atoms. The zero-order valence-corrected chi connectivity index (χ0v) is 13.8. The standard InChI is InChI=1S/C13H29N3O3S/c1-4-14-12-13-8-6-7-9-16(13)20(17,18)15(5-2)10-11-19-3/h13-14H,4-12H2,1-3H3. The summed E-state index contributed by atoms with van der Waals surface area (Å²) in [4.78, 5) is 0. The number of hydrogen-bond donors (Lipinski definition) is 1. The second-order valence-electron chi connectivity index (χ2n) is 5.06. The second-order valence-corrected chi connectivity index (χ2v) is 6.94. The van der Waals surface area contributed by atoms with Gasteiger partial charge in [-0.1, -0.05) is 20.3 Å². The molecule has 1 aliphatic rings. The number of hydrogen-bond acceptors (Lipinski definition) is 4. The van der Waals surface area contributed by atoms with Gasteiger partial charge < -0.3 is 10.1 Å². The normalized spacial score (nSPS) is 21.5. The molecule has 0 spiro atoms. The summed E-state index contributed by atoms with van der Waals surface area (Å²) in [5, 5.41) is 3.27. The average Bonchev–Trinajstić information content (AvgIpc) is 2.46. The van der Waals surface area contributed by atoms with Gasteiger partial charge in [-0.2, -0.15) is 17.0 Å². The first-order chi connectivity index (χ1) is 9.57. The van der Waals surface area contributed by atoms with Gasteiger partial charge in [0.25, 0.3) is 10.2 Å². The molecule has 6 nitrogen and oxygen atoms in total. The number of methoxy groups -OCH3 is 1. The van der Waals surface area contributed by atoms with Gasteiger partial charge in [0.05, 0.1) is 6.61 Å². The van der Waals surface area contributed by atoms with Crippen molar-refractivity contribution in [1.82, 2.24) is 13.9 Å². The summed E-state index contributed by atoms with van der Waals surface area (Å²) in [6.07, 6.45) is 2.99. The Morgan fingerprint density at radius 3 is 2.70 bits per heavy atom. The van der Waals surface area contributed by atoms with Crippen molar-refractivity contribution in [3.63, 3.8) is 0 Å². The molecule has 20 heavy (non-hydrogen) atoms. The molecule has 1 saturated heterocycles. The minimum atomic E-state index is -3.38. The van der Waals surface area contributed by atoms with Crippen LogP contribution in [0.25, 0.3) is 0 Å². The Morgan fingerprint density at radius 1 is 1.35 bits per heavy atom. The summed E-state index contributed by atoms with van der Waals surface area (Å²) < 4.78 is 33.7. The van der Waals surface area contributed by atoms with Crippen LogP contribution < -0.4 is 5.32 Å². The monoisotopic (exact) mass is 307 g/mol. The maximum Gasteiger partial charge on any atom is 0.282 e. The van der Waals surface area contributed by atoms with Gasteiger partial charge in [0.2, 0.25) is 0 Å². The van der Waals surface area contributed by atoms with Crippen LogP contribution in [-0.2, 0) is 14.9 Å². The number of rotatable bonds is 9. The van der Waals surface area contributed by atoms with E-state index in [9.17, 15) is 8.42 Å². The summed E-state index contributed by atoms with van der Waals surface area (Å²) >= 11 is 0. The van der Waals surface area contributed by atoms with Gasteiger partial charge in [0.1, 0.15) is 0 Å². The molecule has 1 atom stereocenters. The highest BCUT2D eigenvalue weighted by Gasteiger charge is 2.35. The Hall–Kier alpha value is -0.210. The molecule has 0 aromatic rings. The number of likely N-dealkylation sites (N-methyl/N-ethyl adjacent to an activating group) is 2. The summed E-state index contributed by atoms with van der Waals surface area (Å²) in [6, 6.07) is 0.0743. The van der Waals surface area contributed by atoms with Crippen LogP contribution in [0.5, 0.6) is 0 Å². The van der Waals surface area contributed by atoms with Crippen LogP contribution in [0.2, 0.25) is 0 Å². The third kappa shape index (κ3) is 4.66. The molecule has 1 fully saturated rings. The SMILES string of the molecule is CCNCC1CCCCN1S(=O)(=O)N(CC)CCOC. The quantitative estimate of drug-likeness (QED) is 0.680. The van der Waals surface area contributed by atoms with Crippen molar-refractivity contribution in [2.24, 2.45) is 0 Å². The van der Waals surface area contributed by atoms with Crippen LogP contribution in [-0.4, -0.2) is 69.5 Å². The highest BCUT2D eigenvalue weighted by molar-refractivity contribution is 7.86. The average molecular weight is 307 g/mol. The van der Waals surface area contributed by atoms with Crippen molar-refractivity contribution in [3.8, 4) is 0 Å². The molecule has 0 amide bonds. The molecule has 1 unspecified atom stereocenters. The first-order valence-corrected chi connectivity index (χ1v) is 8.94. The van der Waals surface area contributed by atoms with Gasteiger partial charge in [-0.3, -0.25) is 0 Å². The van der Waals surface area contributed by atoms with Crippen LogP contribution in [0, 0.1) is 0 Å². The Balaban J connectivity index is 2.79. The maximum absolute atomic E-state index is 12.8. The number of nitrogens with zero attached hydrogens (tertiary/aromatic N) is 2. The molecule has 0 aromatic carbocycles. The van der Waals surface area contributed by atoms with Crippen molar-refractivity contribution in [2.75, 3.05) is 46.4 Å². The van der Waals surface area contributed by atoms with Crippen molar-refractivity contribution < 1.29 is 13.2 Å². The van der Waals surface area contributed by atoms with Gasteiger partial charge in [-0.05, 0) is 19.4 Å². The molecular weight excluding hydrogens is 278 g/mol. The van der Waals surface area contributed by atoms with Crippen LogP contribution in [0.3, 0.4) is 0 Å². The van der Waals surface area contributed by atoms with Crippen LogP contribution >= 0.6 is 0 Å². The van der Waals surface area contributed by atoms with E-state index in [0.717, 1.165) is 32.4 Å². The first kappa shape index (κ1) is 17.8. The van der Waals surface area contributed by atoms with E-state index in [0.29, 0.717) is 26.2 Å². The summed E-state index contributed by atoms with van der Waals surface area (Å²) in [7, 11) is -1.79. The predicted molar refractivity (Wildman–Crippen MR) is 80.9 cm³/mol. The van der Waals surface area contributed by atoms with Crippen LogP contribution in [0.15, 0.2) is 0 Å². The van der Waals surface area contributed by atoms with Gasteiger partial charge >= 0.3 is 0 Å². The van der Waals surface area contributed by atoms with E-state index in [4.69, 9.17) is 4.74 Å². The van der Waals surface area contributed by atoms with Gasteiger partial charge in [-0.15, -0.1) is 0 Å². The summed E-state index contributed by atoms with van der Waals surface area (Å²) in [6.45, 7) is 7.47. The molecule has 1 aliphatic heterocycles. The van der Waals surface area contributed by atoms with Gasteiger partial charge in [-0.25, -0.2) is 0 Å². The zero-order chi connectivity index (χ0) is 15.0. The molecule has 0 aliphatic carbocycles. The lowest BCUT2D eigenvalue weighted by molar-refractivity contribution is 0.171. The number of nitrogens with one attached hydrogen (secondary N) is 1. The molecule has 1 heterocycles. The third-order valence-electron chi connectivity index (χ3n) is 3.72. The van der Waals surface area contributed by atoms with Crippen molar-refractivity contribution >= 4 is 10.2 Å². The minimum Gasteiger partial charge on any atom is -0.383 e. The van der Waals surface area contributed by atoms with Crippen LogP contribution in [0.1, 0.15) is 33.1 Å². The Labute approximate surface area is 123 Å².